The van der Waals surface area contributed by atoms with E-state index in [9.17, 15) is 4.79 Å². The van der Waals surface area contributed by atoms with Crippen LogP contribution in [-0.4, -0.2) is 52.0 Å². The predicted octanol–water partition coefficient (Wildman–Crippen LogP) is 0.298. The molecule has 0 aliphatic carbocycles. The minimum atomic E-state index is 0.140. The molecule has 0 aromatic heterocycles. The van der Waals surface area contributed by atoms with Crippen LogP contribution in [0, 0.1) is 0 Å². The van der Waals surface area contributed by atoms with Gasteiger partial charge in [0, 0.05) is 32.7 Å². The average Bonchev–Trinajstić information content (AvgIpc) is 2.80. The molecule has 0 radical (unpaired) electrons. The van der Waals surface area contributed by atoms with Crippen molar-refractivity contribution in [2.45, 2.75) is 31.7 Å². The molecular formula is C12H24N2O3. The normalized spacial score (nSPS) is 19.5. The zero-order valence-electron chi connectivity index (χ0n) is 10.7. The monoisotopic (exact) mass is 244 g/mol. The lowest BCUT2D eigenvalue weighted by Crippen LogP contribution is -2.32. The van der Waals surface area contributed by atoms with Crippen molar-refractivity contribution < 1.29 is 14.3 Å². The minimum absolute atomic E-state index is 0.140. The molecule has 1 atom stereocenters. The number of amides is 1. The maximum atomic E-state index is 11.5. The second-order valence-corrected chi connectivity index (χ2v) is 4.31. The number of hydrogen-bond donors (Lipinski definition) is 2. The lowest BCUT2D eigenvalue weighted by molar-refractivity contribution is -0.121. The van der Waals surface area contributed by atoms with Crippen molar-refractivity contribution in [3.63, 3.8) is 0 Å². The van der Waals surface area contributed by atoms with Gasteiger partial charge in [0.05, 0.1) is 13.2 Å². The van der Waals surface area contributed by atoms with Crippen LogP contribution in [-0.2, 0) is 14.3 Å². The molecule has 1 amide bonds. The standard InChI is InChI=1S/C12H24N2O3/c1-16-8-9-17-7-3-6-14-12(15)10-11-4-2-5-13-11/h11,13H,2-10H2,1H3,(H,14,15). The van der Waals surface area contributed by atoms with Crippen LogP contribution in [0.1, 0.15) is 25.7 Å². The molecule has 5 nitrogen and oxygen atoms in total. The summed E-state index contributed by atoms with van der Waals surface area (Å²) in [6.07, 6.45) is 3.76. The summed E-state index contributed by atoms with van der Waals surface area (Å²) >= 11 is 0. The maximum absolute atomic E-state index is 11.5. The number of nitrogens with one attached hydrogen (secondary N) is 2. The largest absolute Gasteiger partial charge is 0.382 e. The van der Waals surface area contributed by atoms with E-state index in [4.69, 9.17) is 9.47 Å². The highest BCUT2D eigenvalue weighted by molar-refractivity contribution is 5.76. The fourth-order valence-corrected chi connectivity index (χ4v) is 1.87. The number of rotatable bonds is 9. The molecule has 1 unspecified atom stereocenters. The van der Waals surface area contributed by atoms with Gasteiger partial charge in [-0.3, -0.25) is 4.79 Å². The first-order chi connectivity index (χ1) is 8.33. The molecule has 1 heterocycles. The Balaban J connectivity index is 1.86. The molecule has 2 N–H and O–H groups in total. The quantitative estimate of drug-likeness (QED) is 0.573. The lowest BCUT2D eigenvalue weighted by atomic mass is 10.1. The van der Waals surface area contributed by atoms with Gasteiger partial charge in [-0.2, -0.15) is 0 Å². The van der Waals surface area contributed by atoms with Gasteiger partial charge >= 0.3 is 0 Å². The molecule has 1 saturated heterocycles. The average molecular weight is 244 g/mol. The van der Waals surface area contributed by atoms with Crippen molar-refractivity contribution >= 4 is 5.91 Å². The summed E-state index contributed by atoms with van der Waals surface area (Å²) in [7, 11) is 1.65. The first-order valence-corrected chi connectivity index (χ1v) is 6.39. The van der Waals surface area contributed by atoms with E-state index in [0.29, 0.717) is 38.8 Å². The fraction of sp³-hybridized carbons (Fsp3) is 0.917. The lowest BCUT2D eigenvalue weighted by Gasteiger charge is -2.10. The van der Waals surface area contributed by atoms with E-state index < -0.39 is 0 Å². The Morgan fingerprint density at radius 2 is 2.29 bits per heavy atom. The highest BCUT2D eigenvalue weighted by atomic mass is 16.5. The molecule has 0 saturated carbocycles. The second-order valence-electron chi connectivity index (χ2n) is 4.31. The van der Waals surface area contributed by atoms with Gasteiger partial charge in [0.25, 0.3) is 0 Å². The summed E-state index contributed by atoms with van der Waals surface area (Å²) < 4.78 is 10.2. The van der Waals surface area contributed by atoms with Crippen molar-refractivity contribution in [1.29, 1.82) is 0 Å². The number of methoxy groups -OCH3 is 1. The Bertz CT molecular complexity index is 206. The third kappa shape index (κ3) is 7.31. The molecule has 17 heavy (non-hydrogen) atoms. The topological polar surface area (TPSA) is 59.6 Å². The Labute approximate surface area is 103 Å². The van der Waals surface area contributed by atoms with Gasteiger partial charge in [-0.15, -0.1) is 0 Å². The van der Waals surface area contributed by atoms with Crippen LogP contribution in [0.5, 0.6) is 0 Å². The van der Waals surface area contributed by atoms with Gasteiger partial charge in [-0.05, 0) is 25.8 Å². The summed E-state index contributed by atoms with van der Waals surface area (Å²) in [6, 6.07) is 0.382. The first-order valence-electron chi connectivity index (χ1n) is 6.39. The van der Waals surface area contributed by atoms with Gasteiger partial charge < -0.3 is 20.1 Å². The van der Waals surface area contributed by atoms with Gasteiger partial charge in [0.15, 0.2) is 0 Å². The van der Waals surface area contributed by atoms with Crippen molar-refractivity contribution in [3.8, 4) is 0 Å². The maximum Gasteiger partial charge on any atom is 0.221 e. The third-order valence-electron chi connectivity index (χ3n) is 2.81. The zero-order valence-corrected chi connectivity index (χ0v) is 10.7. The zero-order chi connectivity index (χ0) is 12.3. The molecular weight excluding hydrogens is 220 g/mol. The Morgan fingerprint density at radius 3 is 3.00 bits per heavy atom. The molecule has 0 bridgehead atoms. The van der Waals surface area contributed by atoms with Crippen LogP contribution in [0.25, 0.3) is 0 Å². The van der Waals surface area contributed by atoms with Crippen LogP contribution in [0.2, 0.25) is 0 Å². The number of hydrogen-bond acceptors (Lipinski definition) is 4. The van der Waals surface area contributed by atoms with Gasteiger partial charge in [0.2, 0.25) is 5.91 Å². The summed E-state index contributed by atoms with van der Waals surface area (Å²) in [5.41, 5.74) is 0. The SMILES string of the molecule is COCCOCCCNC(=O)CC1CCCN1. The van der Waals surface area contributed by atoms with Gasteiger partial charge in [0.1, 0.15) is 0 Å². The third-order valence-corrected chi connectivity index (χ3v) is 2.81. The van der Waals surface area contributed by atoms with E-state index in [1.165, 1.54) is 6.42 Å². The van der Waals surface area contributed by atoms with Crippen LogP contribution in [0.4, 0.5) is 0 Å². The number of carbonyl (C=O) groups excluding carboxylic acids is 1. The van der Waals surface area contributed by atoms with Crippen molar-refractivity contribution in [2.24, 2.45) is 0 Å². The molecule has 0 aromatic rings. The van der Waals surface area contributed by atoms with Gasteiger partial charge in [-0.1, -0.05) is 0 Å². The summed E-state index contributed by atoms with van der Waals surface area (Å²) in [6.45, 7) is 3.66. The number of carbonyl (C=O) groups is 1. The van der Waals surface area contributed by atoms with E-state index in [-0.39, 0.29) is 5.91 Å². The molecule has 5 heteroatoms. The van der Waals surface area contributed by atoms with Crippen molar-refractivity contribution in [1.82, 2.24) is 10.6 Å². The first kappa shape index (κ1) is 14.4. The molecule has 1 fully saturated rings. The van der Waals surface area contributed by atoms with Crippen LogP contribution in [0.3, 0.4) is 0 Å². The summed E-state index contributed by atoms with van der Waals surface area (Å²) in [5.74, 6) is 0.140. The van der Waals surface area contributed by atoms with Crippen molar-refractivity contribution in [3.05, 3.63) is 0 Å². The Morgan fingerprint density at radius 1 is 1.41 bits per heavy atom. The van der Waals surface area contributed by atoms with E-state index in [0.717, 1.165) is 19.4 Å². The molecule has 1 aliphatic heterocycles. The molecule has 0 spiro atoms. The van der Waals surface area contributed by atoms with E-state index in [2.05, 4.69) is 10.6 Å². The van der Waals surface area contributed by atoms with Gasteiger partial charge in [-0.25, -0.2) is 0 Å². The fourth-order valence-electron chi connectivity index (χ4n) is 1.87. The minimum Gasteiger partial charge on any atom is -0.382 e. The van der Waals surface area contributed by atoms with Crippen LogP contribution in [0.15, 0.2) is 0 Å². The van der Waals surface area contributed by atoms with E-state index >= 15 is 0 Å². The van der Waals surface area contributed by atoms with Crippen LogP contribution < -0.4 is 10.6 Å². The molecule has 100 valence electrons. The summed E-state index contributed by atoms with van der Waals surface area (Å²) in [4.78, 5) is 11.5. The molecule has 1 rings (SSSR count). The molecule has 1 aliphatic rings. The van der Waals surface area contributed by atoms with E-state index in [1.807, 2.05) is 0 Å². The number of ether oxygens (including phenoxy) is 2. The summed E-state index contributed by atoms with van der Waals surface area (Å²) in [5, 5.41) is 6.22. The predicted molar refractivity (Wildman–Crippen MR) is 66.0 cm³/mol. The van der Waals surface area contributed by atoms with Crippen LogP contribution >= 0.6 is 0 Å². The second kappa shape index (κ2) is 9.39. The van der Waals surface area contributed by atoms with Crippen molar-refractivity contribution in [2.75, 3.05) is 40.0 Å². The Hall–Kier alpha value is -0.650. The smallest absolute Gasteiger partial charge is 0.221 e. The highest BCUT2D eigenvalue weighted by Gasteiger charge is 2.16. The molecule has 0 aromatic carbocycles. The Kier molecular flexibility index (Phi) is 7.96. The van der Waals surface area contributed by atoms with E-state index in [1.54, 1.807) is 7.11 Å². The highest BCUT2D eigenvalue weighted by Crippen LogP contribution is 2.07.